The molecule has 1 aromatic rings. The van der Waals surface area contributed by atoms with Crippen LogP contribution in [0.5, 0.6) is 0 Å². The Hall–Kier alpha value is -1.31. The number of nitrogens with zero attached hydrogens (tertiary/aromatic N) is 1. The molecule has 1 aromatic carbocycles. The molecule has 6 nitrogen and oxygen atoms in total. The first-order valence-corrected chi connectivity index (χ1v) is 7.89. The number of rotatable bonds is 6. The van der Waals surface area contributed by atoms with Gasteiger partial charge in [0.1, 0.15) is 4.90 Å². The number of anilines is 1. The van der Waals surface area contributed by atoms with Crippen molar-refractivity contribution >= 4 is 33.2 Å². The summed E-state index contributed by atoms with van der Waals surface area (Å²) in [5.41, 5.74) is 5.86. The van der Waals surface area contributed by atoms with Gasteiger partial charge in [-0.05, 0) is 24.6 Å². The van der Waals surface area contributed by atoms with Gasteiger partial charge in [-0.1, -0.05) is 18.5 Å². The average Bonchev–Trinajstić information content (AvgIpc) is 2.38. The number of hydrogen-bond acceptors (Lipinski definition) is 4. The van der Waals surface area contributed by atoms with Gasteiger partial charge in [0, 0.05) is 19.3 Å². The Morgan fingerprint density at radius 2 is 2.10 bits per heavy atom. The van der Waals surface area contributed by atoms with Crippen molar-refractivity contribution in [2.75, 3.05) is 25.9 Å². The maximum Gasteiger partial charge on any atom is 0.244 e. The Kier molecular flexibility index (Phi) is 5.79. The monoisotopic (exact) mass is 319 g/mol. The van der Waals surface area contributed by atoms with Crippen molar-refractivity contribution in [1.29, 1.82) is 0 Å². The summed E-state index contributed by atoms with van der Waals surface area (Å²) < 4.78 is 25.6. The van der Waals surface area contributed by atoms with E-state index in [2.05, 4.69) is 5.32 Å². The zero-order valence-electron chi connectivity index (χ0n) is 11.4. The van der Waals surface area contributed by atoms with Gasteiger partial charge in [-0.25, -0.2) is 8.42 Å². The summed E-state index contributed by atoms with van der Waals surface area (Å²) in [4.78, 5) is 11.5. The lowest BCUT2D eigenvalue weighted by atomic mass is 10.3. The first-order valence-electron chi connectivity index (χ1n) is 6.07. The molecule has 0 aromatic heterocycles. The molecule has 0 aliphatic heterocycles. The SMILES string of the molecule is CCCNC(=O)CN(C)S(=O)(=O)c1cc(N)ccc1Cl. The van der Waals surface area contributed by atoms with Crippen molar-refractivity contribution < 1.29 is 13.2 Å². The lowest BCUT2D eigenvalue weighted by Crippen LogP contribution is -2.38. The topological polar surface area (TPSA) is 92.5 Å². The minimum Gasteiger partial charge on any atom is -0.399 e. The van der Waals surface area contributed by atoms with Gasteiger partial charge in [0.25, 0.3) is 0 Å². The minimum absolute atomic E-state index is 0.0695. The van der Waals surface area contributed by atoms with Crippen molar-refractivity contribution in [2.24, 2.45) is 0 Å². The maximum atomic E-state index is 12.3. The van der Waals surface area contributed by atoms with Crippen LogP contribution in [0.15, 0.2) is 23.1 Å². The molecule has 0 aliphatic carbocycles. The van der Waals surface area contributed by atoms with Crippen LogP contribution in [0.1, 0.15) is 13.3 Å². The minimum atomic E-state index is -3.85. The zero-order valence-corrected chi connectivity index (χ0v) is 13.0. The lowest BCUT2D eigenvalue weighted by molar-refractivity contribution is -0.121. The van der Waals surface area contributed by atoms with Gasteiger partial charge >= 0.3 is 0 Å². The number of nitrogens with one attached hydrogen (secondary N) is 1. The average molecular weight is 320 g/mol. The molecule has 0 radical (unpaired) electrons. The van der Waals surface area contributed by atoms with Crippen LogP contribution in [0.2, 0.25) is 5.02 Å². The van der Waals surface area contributed by atoms with Gasteiger partial charge in [0.2, 0.25) is 15.9 Å². The highest BCUT2D eigenvalue weighted by molar-refractivity contribution is 7.89. The summed E-state index contributed by atoms with van der Waals surface area (Å²) in [6, 6.07) is 4.20. The normalized spacial score (nSPS) is 11.6. The van der Waals surface area contributed by atoms with Gasteiger partial charge in [-0.15, -0.1) is 0 Å². The Bertz CT molecular complexity index is 590. The molecule has 3 N–H and O–H groups in total. The highest BCUT2D eigenvalue weighted by Crippen LogP contribution is 2.25. The number of amides is 1. The molecule has 1 amide bonds. The van der Waals surface area contributed by atoms with E-state index in [1.54, 1.807) is 0 Å². The van der Waals surface area contributed by atoms with E-state index < -0.39 is 10.0 Å². The molecule has 0 saturated heterocycles. The molecule has 0 unspecified atom stereocenters. The van der Waals surface area contributed by atoms with Gasteiger partial charge in [0.05, 0.1) is 11.6 Å². The number of hydrogen-bond donors (Lipinski definition) is 2. The van der Waals surface area contributed by atoms with Crippen LogP contribution < -0.4 is 11.1 Å². The fourth-order valence-corrected chi connectivity index (χ4v) is 3.13. The highest BCUT2D eigenvalue weighted by Gasteiger charge is 2.25. The van der Waals surface area contributed by atoms with Gasteiger partial charge < -0.3 is 11.1 Å². The number of likely N-dealkylation sites (N-methyl/N-ethyl adjacent to an activating group) is 1. The second kappa shape index (κ2) is 6.92. The fourth-order valence-electron chi connectivity index (χ4n) is 1.49. The molecule has 20 heavy (non-hydrogen) atoms. The predicted octanol–water partition coefficient (Wildman–Crippen LogP) is 1.07. The van der Waals surface area contributed by atoms with E-state index in [4.69, 9.17) is 17.3 Å². The molecule has 0 saturated carbocycles. The Morgan fingerprint density at radius 1 is 1.45 bits per heavy atom. The number of sulfonamides is 1. The molecule has 0 atom stereocenters. The molecule has 1 rings (SSSR count). The van der Waals surface area contributed by atoms with E-state index in [-0.39, 0.29) is 28.1 Å². The molecule has 112 valence electrons. The van der Waals surface area contributed by atoms with Crippen molar-refractivity contribution in [3.05, 3.63) is 23.2 Å². The van der Waals surface area contributed by atoms with Crippen LogP contribution in [0.3, 0.4) is 0 Å². The van der Waals surface area contributed by atoms with E-state index in [1.807, 2.05) is 6.92 Å². The summed E-state index contributed by atoms with van der Waals surface area (Å²) in [5.74, 6) is -0.363. The Balaban J connectivity index is 2.93. The third-order valence-electron chi connectivity index (χ3n) is 2.58. The van der Waals surface area contributed by atoms with Gasteiger partial charge in [-0.3, -0.25) is 4.79 Å². The maximum absolute atomic E-state index is 12.3. The second-order valence-corrected chi connectivity index (χ2v) is 6.72. The standard InChI is InChI=1S/C12H18ClN3O3S/c1-3-6-15-12(17)8-16(2)20(18,19)11-7-9(14)4-5-10(11)13/h4-5,7H,3,6,8,14H2,1-2H3,(H,15,17). The van der Waals surface area contributed by atoms with Gasteiger partial charge in [0.15, 0.2) is 0 Å². The van der Waals surface area contributed by atoms with E-state index in [9.17, 15) is 13.2 Å². The van der Waals surface area contributed by atoms with E-state index >= 15 is 0 Å². The van der Waals surface area contributed by atoms with Crippen LogP contribution in [-0.4, -0.2) is 38.8 Å². The largest absolute Gasteiger partial charge is 0.399 e. The molecular formula is C12H18ClN3O3S. The summed E-state index contributed by atoms with van der Waals surface area (Å²) in [6.07, 6.45) is 0.781. The number of nitrogen functional groups attached to an aromatic ring is 1. The van der Waals surface area contributed by atoms with Crippen molar-refractivity contribution in [1.82, 2.24) is 9.62 Å². The number of halogens is 1. The summed E-state index contributed by atoms with van der Waals surface area (Å²) in [6.45, 7) is 2.15. The summed E-state index contributed by atoms with van der Waals surface area (Å²) in [5, 5.41) is 2.68. The number of carbonyl (C=O) groups excluding carboxylic acids is 1. The van der Waals surface area contributed by atoms with Crippen molar-refractivity contribution in [2.45, 2.75) is 18.2 Å². The third-order valence-corrected chi connectivity index (χ3v) is 4.87. The number of nitrogens with two attached hydrogens (primary N) is 1. The summed E-state index contributed by atoms with van der Waals surface area (Å²) >= 11 is 5.88. The third kappa shape index (κ3) is 4.09. The second-order valence-electron chi connectivity index (χ2n) is 4.30. The zero-order chi connectivity index (χ0) is 15.3. The molecule has 8 heteroatoms. The first-order chi connectivity index (χ1) is 9.28. The van der Waals surface area contributed by atoms with Crippen molar-refractivity contribution in [3.63, 3.8) is 0 Å². The highest BCUT2D eigenvalue weighted by atomic mass is 35.5. The van der Waals surface area contributed by atoms with Crippen LogP contribution >= 0.6 is 11.6 Å². The molecule has 0 bridgehead atoms. The quantitative estimate of drug-likeness (QED) is 0.767. The molecular weight excluding hydrogens is 302 g/mol. The van der Waals surface area contributed by atoms with Gasteiger partial charge in [-0.2, -0.15) is 4.31 Å². The number of carbonyl (C=O) groups is 1. The Morgan fingerprint density at radius 3 is 2.70 bits per heavy atom. The van der Waals surface area contributed by atoms with E-state index in [0.717, 1.165) is 10.7 Å². The lowest BCUT2D eigenvalue weighted by Gasteiger charge is -2.17. The smallest absolute Gasteiger partial charge is 0.244 e. The van der Waals surface area contributed by atoms with Crippen LogP contribution in [-0.2, 0) is 14.8 Å². The van der Waals surface area contributed by atoms with Crippen molar-refractivity contribution in [3.8, 4) is 0 Å². The first kappa shape index (κ1) is 16.7. The van der Waals surface area contributed by atoms with Crippen LogP contribution in [0.4, 0.5) is 5.69 Å². The predicted molar refractivity (Wildman–Crippen MR) is 79.0 cm³/mol. The van der Waals surface area contributed by atoms with E-state index in [0.29, 0.717) is 6.54 Å². The number of benzene rings is 1. The Labute approximate surface area is 123 Å². The van der Waals surface area contributed by atoms with Crippen LogP contribution in [0, 0.1) is 0 Å². The molecule has 0 spiro atoms. The van der Waals surface area contributed by atoms with Crippen LogP contribution in [0.25, 0.3) is 0 Å². The molecule has 0 heterocycles. The summed E-state index contributed by atoms with van der Waals surface area (Å²) in [7, 11) is -2.53. The van der Waals surface area contributed by atoms with E-state index in [1.165, 1.54) is 25.2 Å². The molecule has 0 fully saturated rings. The molecule has 0 aliphatic rings. The fraction of sp³-hybridized carbons (Fsp3) is 0.417.